The molecule has 1 amide bonds. The zero-order valence-corrected chi connectivity index (χ0v) is 16.8. The van der Waals surface area contributed by atoms with E-state index >= 15 is 0 Å². The van der Waals surface area contributed by atoms with Gasteiger partial charge in [-0.15, -0.1) is 11.8 Å². The Morgan fingerprint density at radius 3 is 2.75 bits per heavy atom. The lowest BCUT2D eigenvalue weighted by Crippen LogP contribution is -2.27. The summed E-state index contributed by atoms with van der Waals surface area (Å²) in [6, 6.07) is 13.1. The van der Waals surface area contributed by atoms with E-state index in [9.17, 15) is 9.59 Å². The van der Waals surface area contributed by atoms with Crippen LogP contribution in [-0.2, 0) is 17.0 Å². The number of ether oxygens (including phenoxy) is 1. The largest absolute Gasteiger partial charge is 0.497 e. The first-order valence-corrected chi connectivity index (χ1v) is 10.2. The molecule has 0 bridgehead atoms. The fourth-order valence-corrected chi connectivity index (χ4v) is 3.52. The lowest BCUT2D eigenvalue weighted by atomic mass is 10.1. The minimum absolute atomic E-state index is 0.0216. The first-order valence-electron chi connectivity index (χ1n) is 9.01. The number of rotatable bonds is 8. The number of pyridine rings is 1. The van der Waals surface area contributed by atoms with Crippen LogP contribution >= 0.6 is 11.8 Å². The Morgan fingerprint density at radius 1 is 1.21 bits per heavy atom. The van der Waals surface area contributed by atoms with E-state index in [-0.39, 0.29) is 11.5 Å². The molecule has 0 aliphatic rings. The van der Waals surface area contributed by atoms with E-state index < -0.39 is 0 Å². The van der Waals surface area contributed by atoms with E-state index in [4.69, 9.17) is 4.74 Å². The number of aryl methyl sites for hydroxylation is 1. The SMILES string of the molecule is COc1ccc(CCNC(=O)CSCc2cc(=O)n3cc(C)ccc3n2)cc1. The highest BCUT2D eigenvalue weighted by molar-refractivity contribution is 7.99. The van der Waals surface area contributed by atoms with Crippen molar-refractivity contribution in [1.82, 2.24) is 14.7 Å². The topological polar surface area (TPSA) is 72.7 Å². The molecule has 0 aliphatic heterocycles. The normalized spacial score (nSPS) is 10.8. The van der Waals surface area contributed by atoms with Crippen LogP contribution in [0.1, 0.15) is 16.8 Å². The second kappa shape index (κ2) is 9.41. The Balaban J connectivity index is 1.44. The van der Waals surface area contributed by atoms with Crippen molar-refractivity contribution in [2.45, 2.75) is 19.1 Å². The third kappa shape index (κ3) is 5.36. The monoisotopic (exact) mass is 397 g/mol. The molecule has 6 nitrogen and oxygen atoms in total. The van der Waals surface area contributed by atoms with Gasteiger partial charge in [-0.2, -0.15) is 0 Å². The molecule has 0 saturated heterocycles. The Labute approximate surface area is 168 Å². The molecule has 1 N–H and O–H groups in total. The maximum absolute atomic E-state index is 12.2. The van der Waals surface area contributed by atoms with Gasteiger partial charge in [-0.25, -0.2) is 4.98 Å². The minimum Gasteiger partial charge on any atom is -0.497 e. The third-order valence-corrected chi connectivity index (χ3v) is 5.20. The number of carbonyl (C=O) groups excluding carboxylic acids is 1. The van der Waals surface area contributed by atoms with Gasteiger partial charge < -0.3 is 10.1 Å². The van der Waals surface area contributed by atoms with Crippen LogP contribution in [0.4, 0.5) is 0 Å². The summed E-state index contributed by atoms with van der Waals surface area (Å²) in [6.07, 6.45) is 2.54. The van der Waals surface area contributed by atoms with Crippen LogP contribution in [0, 0.1) is 6.92 Å². The van der Waals surface area contributed by atoms with Crippen molar-refractivity contribution in [3.8, 4) is 5.75 Å². The van der Waals surface area contributed by atoms with Gasteiger partial charge in [0.1, 0.15) is 11.4 Å². The minimum atomic E-state index is -0.103. The second-order valence-electron chi connectivity index (χ2n) is 6.46. The number of nitrogens with one attached hydrogen (secondary N) is 1. The van der Waals surface area contributed by atoms with Crippen molar-refractivity contribution in [3.05, 3.63) is 75.8 Å². The summed E-state index contributed by atoms with van der Waals surface area (Å²) in [5.74, 6) is 1.65. The van der Waals surface area contributed by atoms with Gasteiger partial charge in [0.15, 0.2) is 0 Å². The molecule has 0 spiro atoms. The molecule has 0 aliphatic carbocycles. The quantitative estimate of drug-likeness (QED) is 0.633. The number of thioether (sulfide) groups is 1. The lowest BCUT2D eigenvalue weighted by Gasteiger charge is -2.07. The van der Waals surface area contributed by atoms with Crippen molar-refractivity contribution in [3.63, 3.8) is 0 Å². The van der Waals surface area contributed by atoms with Crippen molar-refractivity contribution in [1.29, 1.82) is 0 Å². The van der Waals surface area contributed by atoms with Crippen molar-refractivity contribution < 1.29 is 9.53 Å². The standard InChI is InChI=1S/C21H23N3O3S/c1-15-3-8-19-23-17(11-21(26)24(19)12-15)13-28-14-20(25)22-10-9-16-4-6-18(27-2)7-5-16/h3-8,11-12H,9-10,13-14H2,1-2H3,(H,22,25). The summed E-state index contributed by atoms with van der Waals surface area (Å²) >= 11 is 1.45. The van der Waals surface area contributed by atoms with Gasteiger partial charge in [-0.05, 0) is 42.7 Å². The van der Waals surface area contributed by atoms with Crippen molar-refractivity contribution in [2.75, 3.05) is 19.4 Å². The van der Waals surface area contributed by atoms with Crippen LogP contribution in [0.2, 0.25) is 0 Å². The van der Waals surface area contributed by atoms with Crippen LogP contribution in [0.15, 0.2) is 53.5 Å². The number of hydrogen-bond acceptors (Lipinski definition) is 5. The molecule has 146 valence electrons. The maximum Gasteiger partial charge on any atom is 0.258 e. The molecule has 28 heavy (non-hydrogen) atoms. The lowest BCUT2D eigenvalue weighted by molar-refractivity contribution is -0.118. The zero-order valence-electron chi connectivity index (χ0n) is 16.0. The summed E-state index contributed by atoms with van der Waals surface area (Å²) in [5.41, 5.74) is 3.35. The van der Waals surface area contributed by atoms with E-state index in [1.165, 1.54) is 22.2 Å². The number of carbonyl (C=O) groups is 1. The van der Waals surface area contributed by atoms with Gasteiger partial charge in [-0.3, -0.25) is 14.0 Å². The number of hydrogen-bond donors (Lipinski definition) is 1. The van der Waals surface area contributed by atoms with Gasteiger partial charge in [0.25, 0.3) is 5.56 Å². The second-order valence-corrected chi connectivity index (χ2v) is 7.45. The van der Waals surface area contributed by atoms with Crippen molar-refractivity contribution in [2.24, 2.45) is 0 Å². The average Bonchev–Trinajstić information content (AvgIpc) is 2.69. The summed E-state index contributed by atoms with van der Waals surface area (Å²) < 4.78 is 6.67. The van der Waals surface area contributed by atoms with Gasteiger partial charge in [-0.1, -0.05) is 18.2 Å². The number of amides is 1. The van der Waals surface area contributed by atoms with Gasteiger partial charge in [0, 0.05) is 24.6 Å². The van der Waals surface area contributed by atoms with E-state index in [0.717, 1.165) is 23.3 Å². The Kier molecular flexibility index (Phi) is 6.71. The molecular weight excluding hydrogens is 374 g/mol. The molecule has 7 heteroatoms. The summed E-state index contributed by atoms with van der Waals surface area (Å²) in [7, 11) is 1.64. The fraction of sp³-hybridized carbons (Fsp3) is 0.286. The fourth-order valence-electron chi connectivity index (χ4n) is 2.77. The van der Waals surface area contributed by atoms with Crippen LogP contribution in [0.3, 0.4) is 0 Å². The highest BCUT2D eigenvalue weighted by Gasteiger charge is 2.06. The zero-order chi connectivity index (χ0) is 19.9. The predicted molar refractivity (Wildman–Crippen MR) is 112 cm³/mol. The predicted octanol–water partition coefficient (Wildman–Crippen LogP) is 2.60. The smallest absolute Gasteiger partial charge is 0.258 e. The van der Waals surface area contributed by atoms with E-state index in [1.54, 1.807) is 13.3 Å². The molecule has 0 fully saturated rings. The molecule has 0 unspecified atom stereocenters. The van der Waals surface area contributed by atoms with Crippen LogP contribution in [0.5, 0.6) is 5.75 Å². The molecule has 1 aromatic carbocycles. The highest BCUT2D eigenvalue weighted by atomic mass is 32.2. The number of fused-ring (bicyclic) bond motifs is 1. The molecule has 0 atom stereocenters. The highest BCUT2D eigenvalue weighted by Crippen LogP contribution is 2.12. The molecule has 0 saturated carbocycles. The van der Waals surface area contributed by atoms with Gasteiger partial charge in [0.2, 0.25) is 5.91 Å². The average molecular weight is 398 g/mol. The Morgan fingerprint density at radius 2 is 2.00 bits per heavy atom. The first-order chi connectivity index (χ1) is 13.5. The van der Waals surface area contributed by atoms with Crippen LogP contribution in [-0.4, -0.2) is 34.7 Å². The molecule has 0 radical (unpaired) electrons. The van der Waals surface area contributed by atoms with Gasteiger partial charge in [0.05, 0.1) is 18.6 Å². The van der Waals surface area contributed by atoms with Crippen LogP contribution in [0.25, 0.3) is 5.65 Å². The number of benzene rings is 1. The molecule has 2 aromatic heterocycles. The number of aromatic nitrogens is 2. The Hall–Kier alpha value is -2.80. The molecule has 3 rings (SSSR count). The summed E-state index contributed by atoms with van der Waals surface area (Å²) in [6.45, 7) is 2.52. The van der Waals surface area contributed by atoms with Crippen LogP contribution < -0.4 is 15.6 Å². The molecular formula is C21H23N3O3S. The number of methoxy groups -OCH3 is 1. The maximum atomic E-state index is 12.2. The number of nitrogens with zero attached hydrogens (tertiary/aromatic N) is 2. The van der Waals surface area contributed by atoms with E-state index in [2.05, 4.69) is 10.3 Å². The van der Waals surface area contributed by atoms with E-state index in [0.29, 0.717) is 29.4 Å². The molecule has 2 heterocycles. The van der Waals surface area contributed by atoms with E-state index in [1.807, 2.05) is 43.3 Å². The Bertz CT molecular complexity index is 1020. The third-order valence-electron chi connectivity index (χ3n) is 4.24. The summed E-state index contributed by atoms with van der Waals surface area (Å²) in [4.78, 5) is 28.7. The summed E-state index contributed by atoms with van der Waals surface area (Å²) in [5, 5.41) is 2.92. The molecule has 3 aromatic rings. The van der Waals surface area contributed by atoms with Gasteiger partial charge >= 0.3 is 0 Å². The van der Waals surface area contributed by atoms with Crippen molar-refractivity contribution >= 4 is 23.3 Å². The first kappa shape index (κ1) is 19.9.